The number of carbonyl (C=O) groups excluding carboxylic acids is 2. The van der Waals surface area contributed by atoms with Crippen LogP contribution in [0.5, 0.6) is 5.75 Å². The summed E-state index contributed by atoms with van der Waals surface area (Å²) in [5.41, 5.74) is 7.98. The summed E-state index contributed by atoms with van der Waals surface area (Å²) >= 11 is 12.7. The summed E-state index contributed by atoms with van der Waals surface area (Å²) in [6.45, 7) is 3.13. The fourth-order valence-corrected chi connectivity index (χ4v) is 3.84. The van der Waals surface area contributed by atoms with Gasteiger partial charge in [0.1, 0.15) is 19.0 Å². The first-order valence-electron chi connectivity index (χ1n) is 11.5. The van der Waals surface area contributed by atoms with Gasteiger partial charge in [0.05, 0.1) is 41.0 Å². The van der Waals surface area contributed by atoms with Crippen LogP contribution in [0.1, 0.15) is 24.5 Å². The highest BCUT2D eigenvalue weighted by molar-refractivity contribution is 6.39. The van der Waals surface area contributed by atoms with E-state index < -0.39 is 5.91 Å². The maximum Gasteiger partial charge on any atom is 0.238 e. The van der Waals surface area contributed by atoms with Gasteiger partial charge in [-0.25, -0.2) is 4.99 Å². The molecule has 0 aromatic heterocycles. The van der Waals surface area contributed by atoms with Gasteiger partial charge in [-0.1, -0.05) is 40.5 Å². The molecule has 4 aliphatic rings. The summed E-state index contributed by atoms with van der Waals surface area (Å²) in [4.78, 5) is 34.3. The van der Waals surface area contributed by atoms with E-state index in [0.29, 0.717) is 48.0 Å². The summed E-state index contributed by atoms with van der Waals surface area (Å²) in [7, 11) is 0. The summed E-state index contributed by atoms with van der Waals surface area (Å²) < 4.78 is 5.70. The minimum atomic E-state index is -0.414. The molecule has 0 spiro atoms. The zero-order chi connectivity index (χ0) is 26.6. The molecule has 0 saturated carbocycles. The SMILES string of the molecule is CCO/N=C1/CC(=O)NC(N)=NCc2cc(Cl)c(c(Cl)c2)NC(=O)CNC/C=C/COc2ccc1cc2. The third-order valence-electron chi connectivity index (χ3n) is 4.95. The molecule has 0 aliphatic carbocycles. The summed E-state index contributed by atoms with van der Waals surface area (Å²) in [6.07, 6.45) is 3.60. The van der Waals surface area contributed by atoms with Crippen molar-refractivity contribution >= 4 is 52.4 Å². The molecule has 2 amide bonds. The zero-order valence-electron chi connectivity index (χ0n) is 20.2. The number of aliphatic imine (C=N–C) groups is 1. The first kappa shape index (κ1) is 28.0. The predicted octanol–water partition coefficient (Wildman–Crippen LogP) is 3.23. The normalized spacial score (nSPS) is 17.8. The summed E-state index contributed by atoms with van der Waals surface area (Å²) in [6, 6.07) is 10.4. The second-order valence-electron chi connectivity index (χ2n) is 7.80. The van der Waals surface area contributed by atoms with Crippen LogP contribution in [0.15, 0.2) is 58.7 Å². The molecule has 12 heteroatoms. The van der Waals surface area contributed by atoms with Crippen LogP contribution in [-0.2, 0) is 21.0 Å². The Hall–Kier alpha value is -3.60. The molecule has 4 heterocycles. The van der Waals surface area contributed by atoms with Gasteiger partial charge in [-0.15, -0.1) is 0 Å². The highest BCUT2D eigenvalue weighted by Gasteiger charge is 2.14. The maximum absolute atomic E-state index is 12.6. The topological polar surface area (TPSA) is 139 Å². The van der Waals surface area contributed by atoms with Gasteiger partial charge in [0, 0.05) is 12.1 Å². The van der Waals surface area contributed by atoms with Gasteiger partial charge in [-0.05, 0) is 48.9 Å². The molecule has 0 atom stereocenters. The molecule has 10 nitrogen and oxygen atoms in total. The van der Waals surface area contributed by atoms with Crippen LogP contribution in [0.25, 0.3) is 0 Å². The van der Waals surface area contributed by atoms with E-state index in [1.807, 2.05) is 12.2 Å². The van der Waals surface area contributed by atoms with Crippen molar-refractivity contribution in [3.05, 3.63) is 69.7 Å². The van der Waals surface area contributed by atoms with Crippen LogP contribution in [0.4, 0.5) is 5.69 Å². The van der Waals surface area contributed by atoms with Gasteiger partial charge in [0.25, 0.3) is 0 Å². The number of benzene rings is 2. The number of nitrogens with two attached hydrogens (primary N) is 1. The Morgan fingerprint density at radius 2 is 1.81 bits per heavy atom. The second-order valence-corrected chi connectivity index (χ2v) is 8.62. The monoisotopic (exact) mass is 546 g/mol. The lowest BCUT2D eigenvalue weighted by Crippen LogP contribution is -2.37. The largest absolute Gasteiger partial charge is 0.490 e. The first-order valence-corrected chi connectivity index (χ1v) is 12.3. The summed E-state index contributed by atoms with van der Waals surface area (Å²) in [5.74, 6) is -0.149. The van der Waals surface area contributed by atoms with Crippen LogP contribution in [0.3, 0.4) is 0 Å². The number of rotatable bonds is 2. The van der Waals surface area contributed by atoms with Gasteiger partial charge in [0.2, 0.25) is 11.8 Å². The molecule has 4 bridgehead atoms. The van der Waals surface area contributed by atoms with E-state index in [9.17, 15) is 9.59 Å². The average molecular weight is 547 g/mol. The molecule has 0 saturated heterocycles. The predicted molar refractivity (Wildman–Crippen MR) is 145 cm³/mol. The Morgan fingerprint density at radius 3 is 2.51 bits per heavy atom. The number of nitrogens with one attached hydrogen (secondary N) is 3. The third-order valence-corrected chi connectivity index (χ3v) is 5.54. The van der Waals surface area contributed by atoms with Gasteiger partial charge < -0.3 is 25.9 Å². The molecule has 37 heavy (non-hydrogen) atoms. The molecular formula is C25H28Cl2N6O4. The lowest BCUT2D eigenvalue weighted by atomic mass is 10.1. The van der Waals surface area contributed by atoms with Crippen molar-refractivity contribution in [3.8, 4) is 5.75 Å². The fraction of sp³-hybridized carbons (Fsp3) is 0.280. The van der Waals surface area contributed by atoms with Crippen molar-refractivity contribution in [2.45, 2.75) is 19.9 Å². The van der Waals surface area contributed by atoms with Crippen molar-refractivity contribution in [2.24, 2.45) is 15.9 Å². The Kier molecular flexibility index (Phi) is 10.8. The van der Waals surface area contributed by atoms with Gasteiger partial charge >= 0.3 is 0 Å². The molecular weight excluding hydrogens is 519 g/mol. The lowest BCUT2D eigenvalue weighted by Gasteiger charge is -2.12. The number of nitrogens with zero attached hydrogens (tertiary/aromatic N) is 2. The van der Waals surface area contributed by atoms with Gasteiger partial charge in [-0.3, -0.25) is 14.9 Å². The van der Waals surface area contributed by atoms with E-state index in [2.05, 4.69) is 26.1 Å². The molecule has 0 fully saturated rings. The molecule has 0 radical (unpaired) electrons. The fourth-order valence-electron chi connectivity index (χ4n) is 3.21. The molecule has 2 aromatic carbocycles. The molecule has 5 N–H and O–H groups in total. The Balaban J connectivity index is 1.82. The average Bonchev–Trinajstić information content (AvgIpc) is 2.86. The van der Waals surface area contributed by atoms with Crippen LogP contribution in [0, 0.1) is 0 Å². The van der Waals surface area contributed by atoms with Crippen molar-refractivity contribution in [2.75, 3.05) is 31.6 Å². The highest BCUT2D eigenvalue weighted by Crippen LogP contribution is 2.32. The highest BCUT2D eigenvalue weighted by atomic mass is 35.5. The van der Waals surface area contributed by atoms with Crippen LogP contribution in [0.2, 0.25) is 10.0 Å². The van der Waals surface area contributed by atoms with Crippen LogP contribution < -0.4 is 26.4 Å². The molecule has 4 aliphatic heterocycles. The molecule has 0 unspecified atom stereocenters. The Labute approximate surface area is 224 Å². The van der Waals surface area contributed by atoms with E-state index in [1.54, 1.807) is 43.3 Å². The molecule has 2 aromatic rings. The number of guanidine groups is 1. The smallest absolute Gasteiger partial charge is 0.238 e. The number of ether oxygens (including phenoxy) is 1. The minimum absolute atomic E-state index is 0.0627. The lowest BCUT2D eigenvalue weighted by molar-refractivity contribution is -0.118. The van der Waals surface area contributed by atoms with Crippen LogP contribution >= 0.6 is 23.2 Å². The number of carbonyl (C=O) groups is 2. The number of halogens is 2. The number of oxime groups is 1. The van der Waals surface area contributed by atoms with Gasteiger partial charge in [-0.2, -0.15) is 0 Å². The van der Waals surface area contributed by atoms with E-state index in [4.69, 9.17) is 38.5 Å². The second kappa shape index (κ2) is 14.2. The molecule has 196 valence electrons. The minimum Gasteiger partial charge on any atom is -0.490 e. The number of hydrogen-bond acceptors (Lipinski definition) is 8. The summed E-state index contributed by atoms with van der Waals surface area (Å²) in [5, 5.41) is 12.8. The first-order chi connectivity index (χ1) is 17.9. The molecule has 6 rings (SSSR count). The van der Waals surface area contributed by atoms with E-state index in [1.165, 1.54) is 0 Å². The van der Waals surface area contributed by atoms with E-state index in [-0.39, 0.29) is 41.4 Å². The quantitative estimate of drug-likeness (QED) is 0.336. The van der Waals surface area contributed by atoms with Gasteiger partial charge in [0.15, 0.2) is 5.96 Å². The number of hydrogen-bond donors (Lipinski definition) is 4. The van der Waals surface area contributed by atoms with Crippen molar-refractivity contribution < 1.29 is 19.2 Å². The maximum atomic E-state index is 12.6. The van der Waals surface area contributed by atoms with Crippen molar-refractivity contribution in [3.63, 3.8) is 0 Å². The van der Waals surface area contributed by atoms with E-state index >= 15 is 0 Å². The van der Waals surface area contributed by atoms with Crippen molar-refractivity contribution in [1.29, 1.82) is 0 Å². The number of amides is 2. The zero-order valence-corrected chi connectivity index (χ0v) is 21.7. The van der Waals surface area contributed by atoms with Crippen LogP contribution in [-0.4, -0.2) is 49.8 Å². The number of anilines is 1. The Morgan fingerprint density at radius 1 is 1.08 bits per heavy atom. The standard InChI is InChI=1S/C25H28Cl2N6O4/c1-2-37-33-21-13-22(34)32-25(28)30-14-16-11-19(26)24(20(27)12-16)31-23(35)15-29-9-3-4-10-36-18-7-5-17(21)6-8-18/h3-8,11-12,29H,2,9-10,13-15H2,1H3,(H,31,35)(H3,28,30,32,34)/b4-3+,33-21-. The van der Waals surface area contributed by atoms with Crippen molar-refractivity contribution in [1.82, 2.24) is 10.6 Å². The Bertz CT molecular complexity index is 1180. The third kappa shape index (κ3) is 9.09. The van der Waals surface area contributed by atoms with E-state index in [0.717, 1.165) is 0 Å².